The van der Waals surface area contributed by atoms with E-state index < -0.39 is 10.0 Å². The van der Waals surface area contributed by atoms with Crippen molar-refractivity contribution in [3.63, 3.8) is 0 Å². The van der Waals surface area contributed by atoms with Gasteiger partial charge in [-0.25, -0.2) is 12.8 Å². The first-order chi connectivity index (χ1) is 13.0. The maximum absolute atomic E-state index is 13.4. The molecule has 1 aliphatic heterocycles. The first kappa shape index (κ1) is 18.3. The maximum Gasteiger partial charge on any atom is 0.259 e. The molecule has 0 saturated carbocycles. The second kappa shape index (κ2) is 7.49. The van der Waals surface area contributed by atoms with Gasteiger partial charge in [-0.1, -0.05) is 30.1 Å². The van der Waals surface area contributed by atoms with Gasteiger partial charge in [0.2, 0.25) is 5.82 Å². The van der Waals surface area contributed by atoms with Crippen molar-refractivity contribution in [2.75, 3.05) is 13.1 Å². The fraction of sp³-hybridized carbons (Fsp3) is 0.333. The monoisotopic (exact) mass is 407 g/mol. The van der Waals surface area contributed by atoms with Crippen LogP contribution in [0.25, 0.3) is 22.8 Å². The molecule has 0 amide bonds. The van der Waals surface area contributed by atoms with Crippen molar-refractivity contribution >= 4 is 21.4 Å². The van der Waals surface area contributed by atoms with Crippen molar-refractivity contribution < 1.29 is 17.3 Å². The fourth-order valence-electron chi connectivity index (χ4n) is 3.06. The van der Waals surface area contributed by atoms with E-state index in [9.17, 15) is 12.8 Å². The molecule has 27 heavy (non-hydrogen) atoms. The molecule has 142 valence electrons. The lowest BCUT2D eigenvalue weighted by molar-refractivity contribution is 0.425. The first-order valence-corrected chi connectivity index (χ1v) is 11.0. The van der Waals surface area contributed by atoms with Crippen molar-refractivity contribution in [3.8, 4) is 22.8 Å². The van der Waals surface area contributed by atoms with Gasteiger partial charge in [0.05, 0.1) is 5.56 Å². The van der Waals surface area contributed by atoms with Gasteiger partial charge >= 0.3 is 0 Å². The Labute approximate surface area is 160 Å². The molecule has 1 aromatic carbocycles. The second-order valence-corrected chi connectivity index (χ2v) is 9.48. The Morgan fingerprint density at radius 1 is 1.07 bits per heavy atom. The lowest BCUT2D eigenvalue weighted by Gasteiger charge is -2.18. The summed E-state index contributed by atoms with van der Waals surface area (Å²) in [6.07, 6.45) is 3.90. The highest BCUT2D eigenvalue weighted by Crippen LogP contribution is 2.31. The number of halogens is 1. The van der Waals surface area contributed by atoms with Crippen molar-refractivity contribution in [1.29, 1.82) is 0 Å². The molecule has 6 nitrogen and oxygen atoms in total. The molecule has 4 rings (SSSR count). The predicted molar refractivity (Wildman–Crippen MR) is 100 cm³/mol. The minimum absolute atomic E-state index is 0.211. The topological polar surface area (TPSA) is 76.3 Å². The third kappa shape index (κ3) is 3.80. The van der Waals surface area contributed by atoms with E-state index in [1.807, 2.05) is 0 Å². The van der Waals surface area contributed by atoms with Crippen LogP contribution < -0.4 is 0 Å². The van der Waals surface area contributed by atoms with Crippen LogP contribution in [-0.2, 0) is 10.0 Å². The summed E-state index contributed by atoms with van der Waals surface area (Å²) in [6, 6.07) is 7.46. The summed E-state index contributed by atoms with van der Waals surface area (Å²) in [6.45, 7) is 1.11. The average Bonchev–Trinajstić information content (AvgIpc) is 3.25. The van der Waals surface area contributed by atoms with Crippen LogP contribution >= 0.6 is 11.3 Å². The van der Waals surface area contributed by atoms with E-state index in [4.69, 9.17) is 4.52 Å². The van der Waals surface area contributed by atoms with Crippen LogP contribution in [0.3, 0.4) is 0 Å². The molecule has 0 unspecified atom stereocenters. The van der Waals surface area contributed by atoms with Crippen LogP contribution in [0.1, 0.15) is 25.7 Å². The van der Waals surface area contributed by atoms with Crippen LogP contribution in [0.2, 0.25) is 0 Å². The highest BCUT2D eigenvalue weighted by molar-refractivity contribution is 7.91. The third-order valence-corrected chi connectivity index (χ3v) is 7.80. The highest BCUT2D eigenvalue weighted by atomic mass is 32.2. The molecule has 1 saturated heterocycles. The number of aromatic nitrogens is 2. The van der Waals surface area contributed by atoms with Crippen LogP contribution in [0.4, 0.5) is 4.39 Å². The minimum Gasteiger partial charge on any atom is -0.334 e. The standard InChI is InChI=1S/C18H18FN3O3S2/c19-15-7-5-6-13(10-15)17-20-18(25-21-17)14-11-16(26-12-14)27(23,24)22-8-3-1-2-4-9-22/h5-7,10-12H,1-4,8-9H2. The zero-order chi connectivity index (χ0) is 18.9. The number of thiophene rings is 1. The van der Waals surface area contributed by atoms with E-state index >= 15 is 0 Å². The Morgan fingerprint density at radius 3 is 2.59 bits per heavy atom. The molecule has 2 aromatic heterocycles. The zero-order valence-corrected chi connectivity index (χ0v) is 16.1. The summed E-state index contributed by atoms with van der Waals surface area (Å²) in [5, 5.41) is 5.56. The molecule has 9 heteroatoms. The smallest absolute Gasteiger partial charge is 0.259 e. The Hall–Kier alpha value is -2.10. The van der Waals surface area contributed by atoms with Crippen LogP contribution in [0.15, 0.2) is 44.4 Å². The number of rotatable bonds is 4. The molecule has 0 spiro atoms. The van der Waals surface area contributed by atoms with Crippen LogP contribution in [0.5, 0.6) is 0 Å². The number of hydrogen-bond donors (Lipinski definition) is 0. The normalized spacial score (nSPS) is 16.3. The molecule has 0 atom stereocenters. The predicted octanol–water partition coefficient (Wildman–Crippen LogP) is 4.17. The SMILES string of the molecule is O=S(=O)(c1cc(-c2nc(-c3cccc(F)c3)no2)cs1)N1CCCCCC1. The third-order valence-electron chi connectivity index (χ3n) is 4.49. The Bertz CT molecular complexity index is 1040. The molecule has 3 heterocycles. The summed E-state index contributed by atoms with van der Waals surface area (Å²) < 4.78 is 46.2. The summed E-state index contributed by atoms with van der Waals surface area (Å²) in [5.41, 5.74) is 1.04. The molecule has 3 aromatic rings. The summed E-state index contributed by atoms with van der Waals surface area (Å²) in [5.74, 6) is 0.0793. The fourth-order valence-corrected chi connectivity index (χ4v) is 5.88. The largest absolute Gasteiger partial charge is 0.334 e. The number of benzene rings is 1. The molecular formula is C18H18FN3O3S2. The second-order valence-electron chi connectivity index (χ2n) is 6.41. The van der Waals surface area contributed by atoms with E-state index in [2.05, 4.69) is 10.1 Å². The Morgan fingerprint density at radius 2 is 1.85 bits per heavy atom. The van der Waals surface area contributed by atoms with Gasteiger partial charge in [-0.2, -0.15) is 9.29 Å². The van der Waals surface area contributed by atoms with Gasteiger partial charge in [0.15, 0.2) is 0 Å². The van der Waals surface area contributed by atoms with Crippen molar-refractivity contribution in [3.05, 3.63) is 41.5 Å². The molecule has 0 N–H and O–H groups in total. The van der Waals surface area contributed by atoms with E-state index in [0.717, 1.165) is 37.0 Å². The van der Waals surface area contributed by atoms with Crippen molar-refractivity contribution in [2.45, 2.75) is 29.9 Å². The molecule has 0 aliphatic carbocycles. The van der Waals surface area contributed by atoms with Gasteiger partial charge in [-0.15, -0.1) is 11.3 Å². The van der Waals surface area contributed by atoms with Gasteiger partial charge in [-0.05, 0) is 31.0 Å². The van der Waals surface area contributed by atoms with Gasteiger partial charge in [-0.3, -0.25) is 0 Å². The number of nitrogens with zero attached hydrogens (tertiary/aromatic N) is 3. The maximum atomic E-state index is 13.4. The van der Waals surface area contributed by atoms with Crippen molar-refractivity contribution in [2.24, 2.45) is 0 Å². The van der Waals surface area contributed by atoms with E-state index in [0.29, 0.717) is 24.2 Å². The Balaban J connectivity index is 1.59. The zero-order valence-electron chi connectivity index (χ0n) is 14.5. The lowest BCUT2D eigenvalue weighted by Crippen LogP contribution is -2.31. The summed E-state index contributed by atoms with van der Waals surface area (Å²) >= 11 is 1.14. The highest BCUT2D eigenvalue weighted by Gasteiger charge is 2.27. The van der Waals surface area contributed by atoms with E-state index in [-0.39, 0.29) is 21.7 Å². The lowest BCUT2D eigenvalue weighted by atomic mass is 10.2. The number of sulfonamides is 1. The Kier molecular flexibility index (Phi) is 5.07. The molecule has 0 bridgehead atoms. The minimum atomic E-state index is -3.51. The van der Waals surface area contributed by atoms with Gasteiger partial charge in [0.25, 0.3) is 15.9 Å². The van der Waals surface area contributed by atoms with Gasteiger partial charge in [0.1, 0.15) is 10.0 Å². The average molecular weight is 407 g/mol. The molecule has 1 aliphatic rings. The first-order valence-electron chi connectivity index (χ1n) is 8.73. The molecular weight excluding hydrogens is 389 g/mol. The number of hydrogen-bond acceptors (Lipinski definition) is 6. The molecule has 1 fully saturated rings. The van der Waals surface area contributed by atoms with E-state index in [1.165, 1.54) is 12.1 Å². The van der Waals surface area contributed by atoms with Crippen molar-refractivity contribution in [1.82, 2.24) is 14.4 Å². The quantitative estimate of drug-likeness (QED) is 0.649. The molecule has 0 radical (unpaired) electrons. The van der Waals surface area contributed by atoms with Gasteiger partial charge < -0.3 is 4.52 Å². The van der Waals surface area contributed by atoms with Crippen LogP contribution in [0, 0.1) is 5.82 Å². The summed E-state index contributed by atoms with van der Waals surface area (Å²) in [7, 11) is -3.51. The summed E-state index contributed by atoms with van der Waals surface area (Å²) in [4.78, 5) is 4.27. The van der Waals surface area contributed by atoms with Gasteiger partial charge in [0, 0.05) is 24.0 Å². The van der Waals surface area contributed by atoms with Crippen LogP contribution in [-0.4, -0.2) is 36.0 Å². The van der Waals surface area contributed by atoms with E-state index in [1.54, 1.807) is 27.9 Å².